The van der Waals surface area contributed by atoms with E-state index in [9.17, 15) is 4.79 Å². The van der Waals surface area contributed by atoms with Gasteiger partial charge in [-0.3, -0.25) is 4.79 Å². The molecule has 0 bridgehead atoms. The third-order valence-corrected chi connectivity index (χ3v) is 2.78. The predicted molar refractivity (Wildman–Crippen MR) is 83.4 cm³/mol. The van der Waals surface area contributed by atoms with Gasteiger partial charge in [-0.25, -0.2) is 4.98 Å². The monoisotopic (exact) mass is 328 g/mol. The van der Waals surface area contributed by atoms with E-state index in [1.165, 1.54) is 5.56 Å². The van der Waals surface area contributed by atoms with Crippen LogP contribution in [0, 0.1) is 0 Å². The number of halogens is 3. The van der Waals surface area contributed by atoms with Crippen molar-refractivity contribution in [1.29, 1.82) is 0 Å². The molecule has 1 aliphatic rings. The highest BCUT2D eigenvalue weighted by atomic mass is 35.5. The summed E-state index contributed by atoms with van der Waals surface area (Å²) in [6.45, 7) is 0.985. The first-order valence-corrected chi connectivity index (χ1v) is 5.70. The van der Waals surface area contributed by atoms with Crippen LogP contribution < -0.4 is 5.32 Å². The summed E-state index contributed by atoms with van der Waals surface area (Å²) < 4.78 is 0. The van der Waals surface area contributed by atoms with Crippen LogP contribution >= 0.6 is 37.2 Å². The van der Waals surface area contributed by atoms with Gasteiger partial charge in [0.2, 0.25) is 0 Å². The summed E-state index contributed by atoms with van der Waals surface area (Å²) in [5, 5.41) is 11.8. The molecule has 0 fully saturated rings. The molecule has 110 valence electrons. The third kappa shape index (κ3) is 6.32. The third-order valence-electron chi connectivity index (χ3n) is 2.78. The van der Waals surface area contributed by atoms with Crippen LogP contribution in [0.1, 0.15) is 30.5 Å². The van der Waals surface area contributed by atoms with Gasteiger partial charge in [-0.15, -0.1) is 37.2 Å². The fourth-order valence-corrected chi connectivity index (χ4v) is 1.93. The Kier molecular flexibility index (Phi) is 11.0. The summed E-state index contributed by atoms with van der Waals surface area (Å²) in [4.78, 5) is 14.9. The minimum Gasteiger partial charge on any atom is -0.481 e. The van der Waals surface area contributed by atoms with Crippen molar-refractivity contribution >= 4 is 49.0 Å². The van der Waals surface area contributed by atoms with Gasteiger partial charge < -0.3 is 10.4 Å². The van der Waals surface area contributed by atoms with E-state index in [1.54, 1.807) is 0 Å². The van der Waals surface area contributed by atoms with Gasteiger partial charge in [0, 0.05) is 18.7 Å². The largest absolute Gasteiger partial charge is 0.481 e. The van der Waals surface area contributed by atoms with Crippen LogP contribution in [-0.4, -0.2) is 22.6 Å². The number of anilines is 1. The number of fused-ring (bicyclic) bond motifs is 1. The molecule has 0 aromatic carbocycles. The fraction of sp³-hybridized carbons (Fsp3) is 0.500. The van der Waals surface area contributed by atoms with Crippen molar-refractivity contribution in [2.75, 3.05) is 11.9 Å². The molecule has 7 heteroatoms. The second-order valence-corrected chi connectivity index (χ2v) is 4.09. The molecule has 1 aromatic rings. The lowest BCUT2D eigenvalue weighted by Crippen LogP contribution is -2.14. The molecule has 0 amide bonds. The molecule has 2 N–H and O–H groups in total. The Morgan fingerprint density at radius 1 is 1.32 bits per heavy atom. The van der Waals surface area contributed by atoms with Gasteiger partial charge in [-0.05, 0) is 37.3 Å². The highest BCUT2D eigenvalue weighted by Gasteiger charge is 2.10. The standard InChI is InChI=1S/C12H16N2O2.3ClH/c15-11(16)5-1-4-10-7-6-9-3-2-8-13-12(9)14-10;;;/h6-7H,1-5,8H2,(H,13,14)(H,15,16);3*1H. The first-order valence-electron chi connectivity index (χ1n) is 5.70. The van der Waals surface area contributed by atoms with Gasteiger partial charge in [0.05, 0.1) is 0 Å². The topological polar surface area (TPSA) is 62.2 Å². The number of carboxylic acid groups (broad SMARTS) is 1. The molecule has 0 radical (unpaired) electrons. The number of hydrogen-bond acceptors (Lipinski definition) is 3. The number of aliphatic carboxylic acids is 1. The van der Waals surface area contributed by atoms with Crippen LogP contribution in [0.15, 0.2) is 12.1 Å². The second kappa shape index (κ2) is 10.1. The second-order valence-electron chi connectivity index (χ2n) is 4.09. The average Bonchev–Trinajstić information content (AvgIpc) is 2.28. The number of carboxylic acids is 1. The molecular weight excluding hydrogens is 311 g/mol. The Labute approximate surface area is 131 Å². The van der Waals surface area contributed by atoms with Crippen molar-refractivity contribution in [1.82, 2.24) is 4.98 Å². The van der Waals surface area contributed by atoms with Crippen molar-refractivity contribution < 1.29 is 9.90 Å². The number of aromatic nitrogens is 1. The van der Waals surface area contributed by atoms with E-state index in [0.717, 1.165) is 37.3 Å². The Hall–Kier alpha value is -0.710. The lowest BCUT2D eigenvalue weighted by atomic mass is 10.1. The summed E-state index contributed by atoms with van der Waals surface area (Å²) in [6.07, 6.45) is 3.85. The van der Waals surface area contributed by atoms with Crippen LogP contribution in [0.5, 0.6) is 0 Å². The highest BCUT2D eigenvalue weighted by Crippen LogP contribution is 2.20. The lowest BCUT2D eigenvalue weighted by Gasteiger charge is -2.17. The van der Waals surface area contributed by atoms with E-state index in [2.05, 4.69) is 16.4 Å². The van der Waals surface area contributed by atoms with Gasteiger partial charge in [0.15, 0.2) is 0 Å². The lowest BCUT2D eigenvalue weighted by molar-refractivity contribution is -0.137. The maximum absolute atomic E-state index is 10.4. The molecular formula is C12H19Cl3N2O2. The molecule has 2 heterocycles. The Bertz CT molecular complexity index is 403. The van der Waals surface area contributed by atoms with Crippen LogP contribution in [0.4, 0.5) is 5.82 Å². The zero-order chi connectivity index (χ0) is 11.4. The summed E-state index contributed by atoms with van der Waals surface area (Å²) in [6, 6.07) is 4.11. The Morgan fingerprint density at radius 2 is 2.05 bits per heavy atom. The quantitative estimate of drug-likeness (QED) is 0.891. The molecule has 0 unspecified atom stereocenters. The fourth-order valence-electron chi connectivity index (χ4n) is 1.93. The number of rotatable bonds is 4. The number of nitrogens with one attached hydrogen (secondary N) is 1. The van der Waals surface area contributed by atoms with Gasteiger partial charge in [0.1, 0.15) is 5.82 Å². The molecule has 0 saturated heterocycles. The molecule has 0 spiro atoms. The first-order chi connectivity index (χ1) is 7.75. The SMILES string of the molecule is Cl.Cl.Cl.O=C(O)CCCc1ccc2c(n1)NCCC2. The minimum atomic E-state index is -0.740. The molecule has 1 aromatic heterocycles. The predicted octanol–water partition coefficient (Wildman–Crippen LogP) is 3.11. The van der Waals surface area contributed by atoms with Crippen molar-refractivity contribution in [3.8, 4) is 0 Å². The van der Waals surface area contributed by atoms with Crippen molar-refractivity contribution in [2.45, 2.75) is 32.1 Å². The van der Waals surface area contributed by atoms with E-state index in [1.807, 2.05) is 6.07 Å². The van der Waals surface area contributed by atoms with Crippen LogP contribution in [-0.2, 0) is 17.6 Å². The Morgan fingerprint density at radius 3 is 2.74 bits per heavy atom. The number of carbonyl (C=O) groups is 1. The molecule has 19 heavy (non-hydrogen) atoms. The zero-order valence-corrected chi connectivity index (χ0v) is 12.9. The number of aryl methyl sites for hydroxylation is 2. The molecule has 1 aliphatic heterocycles. The number of nitrogens with zero attached hydrogens (tertiary/aromatic N) is 1. The van der Waals surface area contributed by atoms with Crippen molar-refractivity contribution in [3.63, 3.8) is 0 Å². The van der Waals surface area contributed by atoms with E-state index in [0.29, 0.717) is 6.42 Å². The smallest absolute Gasteiger partial charge is 0.303 e. The van der Waals surface area contributed by atoms with Gasteiger partial charge >= 0.3 is 5.97 Å². The molecule has 0 aliphatic carbocycles. The minimum absolute atomic E-state index is 0. The van der Waals surface area contributed by atoms with E-state index in [-0.39, 0.29) is 43.6 Å². The van der Waals surface area contributed by atoms with Crippen molar-refractivity contribution in [3.05, 3.63) is 23.4 Å². The van der Waals surface area contributed by atoms with Crippen molar-refractivity contribution in [2.24, 2.45) is 0 Å². The normalized spacial score (nSPS) is 11.8. The first kappa shape index (κ1) is 20.6. The van der Waals surface area contributed by atoms with Gasteiger partial charge in [-0.1, -0.05) is 6.07 Å². The van der Waals surface area contributed by atoms with E-state index >= 15 is 0 Å². The van der Waals surface area contributed by atoms with Gasteiger partial charge in [-0.2, -0.15) is 0 Å². The maximum atomic E-state index is 10.4. The summed E-state index contributed by atoms with van der Waals surface area (Å²) in [5.74, 6) is 0.246. The molecule has 4 nitrogen and oxygen atoms in total. The average molecular weight is 330 g/mol. The number of hydrogen-bond donors (Lipinski definition) is 2. The Balaban J connectivity index is 0. The van der Waals surface area contributed by atoms with Crippen LogP contribution in [0.3, 0.4) is 0 Å². The maximum Gasteiger partial charge on any atom is 0.303 e. The molecule has 2 rings (SSSR count). The highest BCUT2D eigenvalue weighted by molar-refractivity contribution is 5.86. The van der Waals surface area contributed by atoms with Crippen LogP contribution in [0.25, 0.3) is 0 Å². The van der Waals surface area contributed by atoms with Crippen LogP contribution in [0.2, 0.25) is 0 Å². The summed E-state index contributed by atoms with van der Waals surface area (Å²) in [7, 11) is 0. The van der Waals surface area contributed by atoms with E-state index in [4.69, 9.17) is 5.11 Å². The molecule has 0 atom stereocenters. The summed E-state index contributed by atoms with van der Waals surface area (Å²) >= 11 is 0. The number of pyridine rings is 1. The molecule has 0 saturated carbocycles. The van der Waals surface area contributed by atoms with Gasteiger partial charge in [0.25, 0.3) is 0 Å². The van der Waals surface area contributed by atoms with E-state index < -0.39 is 5.97 Å². The summed E-state index contributed by atoms with van der Waals surface area (Å²) in [5.41, 5.74) is 2.25. The zero-order valence-electron chi connectivity index (χ0n) is 10.4.